The average Bonchev–Trinajstić information content (AvgIpc) is 2.74. The number of hydrogen-bond acceptors (Lipinski definition) is 0. The fourth-order valence-corrected chi connectivity index (χ4v) is 4.70. The zero-order chi connectivity index (χ0) is 21.9. The highest BCUT2D eigenvalue weighted by Gasteiger charge is 2.25. The molecule has 0 spiro atoms. The van der Waals surface area contributed by atoms with E-state index in [2.05, 4.69) is 68.1 Å². The van der Waals surface area contributed by atoms with Crippen LogP contribution in [0.15, 0.2) is 60.8 Å². The molecule has 0 bridgehead atoms. The predicted molar refractivity (Wildman–Crippen MR) is 118 cm³/mol. The van der Waals surface area contributed by atoms with E-state index in [0.29, 0.717) is 5.56 Å². The SMILES string of the molecule is [2H]C([2H])([2H])c1ccc2c3c(ccc2c1)CCc1c-3ccc(C)c1-c1cc(C)cc[n+]1C. The molecule has 1 aromatic heterocycles. The summed E-state index contributed by atoms with van der Waals surface area (Å²) in [6.07, 6.45) is 4.13. The third kappa shape index (κ3) is 2.57. The molecule has 28 heavy (non-hydrogen) atoms. The lowest BCUT2D eigenvalue weighted by molar-refractivity contribution is -0.660. The largest absolute Gasteiger partial charge is 0.213 e. The van der Waals surface area contributed by atoms with Gasteiger partial charge in [0, 0.05) is 16.2 Å². The minimum atomic E-state index is -2.09. The average molecular weight is 368 g/mol. The third-order valence-corrected chi connectivity index (χ3v) is 6.10. The van der Waals surface area contributed by atoms with Crippen LogP contribution >= 0.6 is 0 Å². The summed E-state index contributed by atoms with van der Waals surface area (Å²) in [7, 11) is 2.11. The van der Waals surface area contributed by atoms with Gasteiger partial charge in [0.25, 0.3) is 0 Å². The van der Waals surface area contributed by atoms with Crippen molar-refractivity contribution in [3.8, 4) is 22.4 Å². The molecule has 0 saturated heterocycles. The van der Waals surface area contributed by atoms with E-state index < -0.39 is 6.85 Å². The molecule has 0 atom stereocenters. The van der Waals surface area contributed by atoms with Crippen molar-refractivity contribution in [2.45, 2.75) is 33.5 Å². The predicted octanol–water partition coefficient (Wildman–Crippen LogP) is 6.02. The van der Waals surface area contributed by atoms with E-state index in [1.807, 2.05) is 12.1 Å². The standard InChI is InChI=1S/C27H26N/c1-17-5-10-22-21(15-17)8-7-20-9-12-23-24(27(20)22)11-6-19(3)26(23)25-16-18(2)13-14-28(25)4/h5-8,10-11,13-16H,9,12H2,1-4H3/q+1/i1D3. The number of rotatable bonds is 1. The third-order valence-electron chi connectivity index (χ3n) is 6.10. The maximum absolute atomic E-state index is 7.77. The van der Waals surface area contributed by atoms with E-state index in [-0.39, 0.29) is 0 Å². The van der Waals surface area contributed by atoms with Crippen molar-refractivity contribution < 1.29 is 8.68 Å². The lowest BCUT2D eigenvalue weighted by Gasteiger charge is -2.25. The minimum Gasteiger partial charge on any atom is -0.201 e. The van der Waals surface area contributed by atoms with Gasteiger partial charge in [-0.3, -0.25) is 0 Å². The second kappa shape index (κ2) is 6.31. The molecule has 0 amide bonds. The first kappa shape index (κ1) is 14.1. The first-order valence-electron chi connectivity index (χ1n) is 11.4. The van der Waals surface area contributed by atoms with Gasteiger partial charge in [0.1, 0.15) is 7.05 Å². The van der Waals surface area contributed by atoms with Gasteiger partial charge in [0.15, 0.2) is 6.20 Å². The summed E-state index contributed by atoms with van der Waals surface area (Å²) in [5, 5.41) is 2.12. The summed E-state index contributed by atoms with van der Waals surface area (Å²) in [6, 6.07) is 18.7. The van der Waals surface area contributed by atoms with Crippen LogP contribution in [0, 0.1) is 20.7 Å². The second-order valence-electron chi connectivity index (χ2n) is 8.02. The molecule has 0 aliphatic heterocycles. The van der Waals surface area contributed by atoms with E-state index in [9.17, 15) is 0 Å². The van der Waals surface area contributed by atoms with Crippen LogP contribution in [-0.2, 0) is 19.9 Å². The fraction of sp³-hybridized carbons (Fsp3) is 0.222. The molecule has 1 aliphatic carbocycles. The first-order valence-corrected chi connectivity index (χ1v) is 9.89. The lowest BCUT2D eigenvalue weighted by Crippen LogP contribution is -2.31. The van der Waals surface area contributed by atoms with Gasteiger partial charge in [-0.15, -0.1) is 0 Å². The number of hydrogen-bond donors (Lipinski definition) is 0. The molecule has 1 aliphatic rings. The Morgan fingerprint density at radius 2 is 1.75 bits per heavy atom. The first-order chi connectivity index (χ1) is 14.7. The molecular formula is C27H26N+. The number of pyridine rings is 1. The van der Waals surface area contributed by atoms with Crippen molar-refractivity contribution in [1.29, 1.82) is 0 Å². The summed E-state index contributed by atoms with van der Waals surface area (Å²) in [5.41, 5.74) is 10.8. The Balaban J connectivity index is 1.79. The summed E-state index contributed by atoms with van der Waals surface area (Å²) in [4.78, 5) is 0. The van der Waals surface area contributed by atoms with Crippen molar-refractivity contribution in [2.24, 2.45) is 7.05 Å². The molecule has 0 N–H and O–H groups in total. The highest BCUT2D eigenvalue weighted by Crippen LogP contribution is 2.43. The molecule has 3 aromatic carbocycles. The van der Waals surface area contributed by atoms with Crippen molar-refractivity contribution in [3.05, 3.63) is 88.6 Å². The number of nitrogens with zero attached hydrogens (tertiary/aromatic N) is 1. The molecule has 0 unspecified atom stereocenters. The van der Waals surface area contributed by atoms with Crippen LogP contribution in [0.1, 0.15) is 31.9 Å². The zero-order valence-electron chi connectivity index (χ0n) is 19.6. The quantitative estimate of drug-likeness (QED) is 0.362. The number of fused-ring (bicyclic) bond motifs is 5. The van der Waals surface area contributed by atoms with Crippen LogP contribution in [0.2, 0.25) is 0 Å². The summed E-state index contributed by atoms with van der Waals surface area (Å²) in [5.74, 6) is 0. The van der Waals surface area contributed by atoms with Crippen LogP contribution in [0.3, 0.4) is 0 Å². The molecule has 4 aromatic rings. The molecule has 1 nitrogen and oxygen atoms in total. The normalized spacial score (nSPS) is 14.8. The maximum Gasteiger partial charge on any atom is 0.213 e. The Hall–Kier alpha value is -2.93. The van der Waals surface area contributed by atoms with Gasteiger partial charge in [-0.05, 0) is 77.7 Å². The molecule has 5 rings (SSSR count). The molecule has 1 heterocycles. The van der Waals surface area contributed by atoms with E-state index in [1.165, 1.54) is 44.6 Å². The van der Waals surface area contributed by atoms with Crippen molar-refractivity contribution in [3.63, 3.8) is 0 Å². The van der Waals surface area contributed by atoms with Crippen molar-refractivity contribution in [2.75, 3.05) is 0 Å². The smallest absolute Gasteiger partial charge is 0.201 e. The molecule has 0 radical (unpaired) electrons. The van der Waals surface area contributed by atoms with E-state index in [1.54, 1.807) is 6.07 Å². The number of benzene rings is 3. The van der Waals surface area contributed by atoms with Gasteiger partial charge < -0.3 is 0 Å². The van der Waals surface area contributed by atoms with Crippen LogP contribution < -0.4 is 4.57 Å². The van der Waals surface area contributed by atoms with Crippen molar-refractivity contribution in [1.82, 2.24) is 0 Å². The molecular weight excluding hydrogens is 338 g/mol. The molecule has 138 valence electrons. The molecule has 0 saturated carbocycles. The second-order valence-corrected chi connectivity index (χ2v) is 8.02. The zero-order valence-corrected chi connectivity index (χ0v) is 16.6. The Morgan fingerprint density at radius 1 is 0.857 bits per heavy atom. The van der Waals surface area contributed by atoms with Gasteiger partial charge in [-0.1, -0.05) is 48.0 Å². The van der Waals surface area contributed by atoms with Gasteiger partial charge >= 0.3 is 0 Å². The van der Waals surface area contributed by atoms with E-state index in [4.69, 9.17) is 4.11 Å². The Morgan fingerprint density at radius 3 is 2.61 bits per heavy atom. The van der Waals surface area contributed by atoms with Crippen LogP contribution in [0.25, 0.3) is 33.2 Å². The highest BCUT2D eigenvalue weighted by atomic mass is 14.9. The monoisotopic (exact) mass is 367 g/mol. The summed E-state index contributed by atoms with van der Waals surface area (Å²) < 4.78 is 25.5. The van der Waals surface area contributed by atoms with E-state index in [0.717, 1.165) is 23.6 Å². The van der Waals surface area contributed by atoms with Crippen LogP contribution in [0.5, 0.6) is 0 Å². The van der Waals surface area contributed by atoms with Gasteiger partial charge in [-0.25, -0.2) is 4.57 Å². The minimum absolute atomic E-state index is 0.396. The van der Waals surface area contributed by atoms with Crippen LogP contribution in [-0.4, -0.2) is 0 Å². The van der Waals surface area contributed by atoms with Gasteiger partial charge in [0.05, 0.1) is 5.56 Å². The Kier molecular flexibility index (Phi) is 3.18. The highest BCUT2D eigenvalue weighted by molar-refractivity contribution is 6.01. The van der Waals surface area contributed by atoms with Gasteiger partial charge in [0.2, 0.25) is 5.69 Å². The van der Waals surface area contributed by atoms with Crippen molar-refractivity contribution >= 4 is 10.8 Å². The Labute approximate surface area is 171 Å². The molecule has 1 heteroatoms. The van der Waals surface area contributed by atoms with E-state index >= 15 is 0 Å². The Bertz CT molecular complexity index is 1350. The van der Waals surface area contributed by atoms with Crippen LogP contribution in [0.4, 0.5) is 0 Å². The summed E-state index contributed by atoms with van der Waals surface area (Å²) in [6.45, 7) is 2.24. The summed E-state index contributed by atoms with van der Waals surface area (Å²) >= 11 is 0. The topological polar surface area (TPSA) is 3.88 Å². The number of aromatic nitrogens is 1. The molecule has 0 fully saturated rings. The van der Waals surface area contributed by atoms with Gasteiger partial charge in [-0.2, -0.15) is 0 Å². The number of aryl methyl sites for hydroxylation is 5. The lowest BCUT2D eigenvalue weighted by atomic mass is 9.79. The maximum atomic E-state index is 7.77. The fourth-order valence-electron chi connectivity index (χ4n) is 4.70.